The first-order valence-corrected chi connectivity index (χ1v) is 10.8. The van der Waals surface area contributed by atoms with Crippen molar-refractivity contribution in [1.82, 2.24) is 24.6 Å². The fourth-order valence-corrected chi connectivity index (χ4v) is 3.53. The van der Waals surface area contributed by atoms with E-state index in [1.807, 2.05) is 6.92 Å². The van der Waals surface area contributed by atoms with Crippen molar-refractivity contribution in [1.29, 1.82) is 0 Å². The molecule has 4 rings (SSSR count). The molecule has 0 saturated heterocycles. The minimum Gasteiger partial charge on any atom is -0.382 e. The number of fused-ring (bicyclic) bond motifs is 1. The van der Waals surface area contributed by atoms with E-state index in [0.717, 1.165) is 11.8 Å². The van der Waals surface area contributed by atoms with E-state index in [4.69, 9.17) is 5.73 Å². The largest absolute Gasteiger partial charge is 0.382 e. The monoisotopic (exact) mass is 427 g/mol. The molecule has 11 heteroatoms. The van der Waals surface area contributed by atoms with Gasteiger partial charge in [-0.2, -0.15) is 0 Å². The van der Waals surface area contributed by atoms with Crippen molar-refractivity contribution in [2.45, 2.75) is 18.1 Å². The lowest BCUT2D eigenvalue weighted by Crippen LogP contribution is -2.12. The van der Waals surface area contributed by atoms with Crippen LogP contribution in [0.2, 0.25) is 0 Å². The lowest BCUT2D eigenvalue weighted by atomic mass is 10.1. The molecule has 0 aliphatic carbocycles. The highest BCUT2D eigenvalue weighted by Crippen LogP contribution is 2.30. The van der Waals surface area contributed by atoms with E-state index in [-0.39, 0.29) is 34.3 Å². The number of nitrogen functional groups attached to an aromatic ring is 1. The number of nitrogens with two attached hydrogens (primary N) is 1. The number of nitrogens with one attached hydrogen (secondary N) is 1. The third-order valence-electron chi connectivity index (χ3n) is 4.45. The lowest BCUT2D eigenvalue weighted by molar-refractivity contribution is 0.593. The Morgan fingerprint density at radius 3 is 2.63 bits per heavy atom. The standard InChI is InChI=1S/C19H18FN7O2S/c1-11(12-4-6-13(20)7-5-12)23-15-10-14(24-19(25-15)30(2,28)29)16-17(21)26-27-9-3-8-22-18(16)27/h3-11H,1-2H3,(H2,21,26)(H,23,24,25)/t11-/m0/s1. The smallest absolute Gasteiger partial charge is 0.249 e. The first-order valence-electron chi connectivity index (χ1n) is 8.93. The number of hydrogen-bond donors (Lipinski definition) is 2. The second kappa shape index (κ2) is 7.34. The van der Waals surface area contributed by atoms with Crippen LogP contribution in [-0.4, -0.2) is 39.2 Å². The van der Waals surface area contributed by atoms with Gasteiger partial charge in [0.25, 0.3) is 0 Å². The number of nitrogens with zero attached hydrogens (tertiary/aromatic N) is 5. The van der Waals surface area contributed by atoms with Crippen molar-refractivity contribution < 1.29 is 12.8 Å². The summed E-state index contributed by atoms with van der Waals surface area (Å²) in [4.78, 5) is 12.6. The Kier molecular flexibility index (Phi) is 4.82. The predicted molar refractivity (Wildman–Crippen MR) is 110 cm³/mol. The molecule has 0 spiro atoms. The topological polar surface area (TPSA) is 128 Å². The SMILES string of the molecule is C[C@H](Nc1cc(-c2c(N)nn3cccnc23)nc(S(C)(=O)=O)n1)c1ccc(F)cc1. The van der Waals surface area contributed by atoms with E-state index in [1.165, 1.54) is 16.6 Å². The number of hydrogen-bond acceptors (Lipinski definition) is 8. The molecular formula is C19H18FN7O2S. The van der Waals surface area contributed by atoms with Crippen molar-refractivity contribution in [3.63, 3.8) is 0 Å². The maximum atomic E-state index is 13.2. The van der Waals surface area contributed by atoms with Crippen molar-refractivity contribution in [3.05, 3.63) is 60.2 Å². The van der Waals surface area contributed by atoms with Gasteiger partial charge in [-0.3, -0.25) is 0 Å². The minimum absolute atomic E-state index is 0.157. The molecule has 0 unspecified atom stereocenters. The van der Waals surface area contributed by atoms with Gasteiger partial charge in [0.15, 0.2) is 11.5 Å². The summed E-state index contributed by atoms with van der Waals surface area (Å²) >= 11 is 0. The van der Waals surface area contributed by atoms with Crippen LogP contribution in [0, 0.1) is 5.82 Å². The molecule has 0 saturated carbocycles. The van der Waals surface area contributed by atoms with Gasteiger partial charge in [0.2, 0.25) is 15.0 Å². The molecule has 0 fully saturated rings. The molecule has 0 aliphatic rings. The molecule has 0 aliphatic heterocycles. The fraction of sp³-hybridized carbons (Fsp3) is 0.158. The Balaban J connectivity index is 1.82. The van der Waals surface area contributed by atoms with Crippen LogP contribution >= 0.6 is 0 Å². The molecule has 1 aromatic carbocycles. The van der Waals surface area contributed by atoms with E-state index >= 15 is 0 Å². The summed E-state index contributed by atoms with van der Waals surface area (Å²) in [5, 5.41) is 6.97. The zero-order chi connectivity index (χ0) is 21.5. The normalized spacial score (nSPS) is 12.8. The molecule has 0 bridgehead atoms. The molecule has 4 aromatic rings. The van der Waals surface area contributed by atoms with E-state index in [0.29, 0.717) is 11.2 Å². The van der Waals surface area contributed by atoms with Gasteiger partial charge in [-0.1, -0.05) is 12.1 Å². The number of sulfone groups is 1. The Morgan fingerprint density at radius 1 is 1.20 bits per heavy atom. The van der Waals surface area contributed by atoms with Gasteiger partial charge < -0.3 is 11.1 Å². The van der Waals surface area contributed by atoms with Crippen LogP contribution in [0.1, 0.15) is 18.5 Å². The van der Waals surface area contributed by atoms with E-state index < -0.39 is 9.84 Å². The molecular weight excluding hydrogens is 409 g/mol. The van der Waals surface area contributed by atoms with E-state index in [9.17, 15) is 12.8 Å². The molecule has 3 N–H and O–H groups in total. The minimum atomic E-state index is -3.71. The summed E-state index contributed by atoms with van der Waals surface area (Å²) in [6, 6.07) is 8.98. The van der Waals surface area contributed by atoms with Crippen molar-refractivity contribution >= 4 is 27.1 Å². The molecule has 0 radical (unpaired) electrons. The average molecular weight is 427 g/mol. The summed E-state index contributed by atoms with van der Waals surface area (Å²) in [6.45, 7) is 1.85. The van der Waals surface area contributed by atoms with Crippen molar-refractivity contribution in [2.75, 3.05) is 17.3 Å². The number of rotatable bonds is 5. The first-order chi connectivity index (χ1) is 14.2. The van der Waals surface area contributed by atoms with Crippen molar-refractivity contribution in [2.24, 2.45) is 0 Å². The Bertz CT molecular complexity index is 1340. The third kappa shape index (κ3) is 3.79. The van der Waals surface area contributed by atoms with Crippen LogP contribution in [0.3, 0.4) is 0 Å². The molecule has 154 valence electrons. The second-order valence-corrected chi connectivity index (χ2v) is 8.67. The predicted octanol–water partition coefficient (Wildman–Crippen LogP) is 2.48. The fourth-order valence-electron chi connectivity index (χ4n) is 3.00. The van der Waals surface area contributed by atoms with Crippen LogP contribution in [0.25, 0.3) is 16.9 Å². The van der Waals surface area contributed by atoms with Gasteiger partial charge in [0.1, 0.15) is 11.6 Å². The molecule has 3 aromatic heterocycles. The van der Waals surface area contributed by atoms with Gasteiger partial charge in [-0.25, -0.2) is 32.3 Å². The molecule has 3 heterocycles. The van der Waals surface area contributed by atoms with E-state index in [1.54, 1.807) is 36.7 Å². The third-order valence-corrected chi connectivity index (χ3v) is 5.30. The van der Waals surface area contributed by atoms with Crippen LogP contribution in [0.4, 0.5) is 16.0 Å². The Hall–Kier alpha value is -3.60. The summed E-state index contributed by atoms with van der Waals surface area (Å²) < 4.78 is 39.1. The average Bonchev–Trinajstić information content (AvgIpc) is 3.03. The second-order valence-electron chi connectivity index (χ2n) is 6.76. The quantitative estimate of drug-likeness (QED) is 0.465. The van der Waals surface area contributed by atoms with Crippen LogP contribution in [0.5, 0.6) is 0 Å². The summed E-state index contributed by atoms with van der Waals surface area (Å²) in [5.74, 6) is 0.0852. The van der Waals surface area contributed by atoms with Crippen LogP contribution in [-0.2, 0) is 9.84 Å². The van der Waals surface area contributed by atoms with Crippen molar-refractivity contribution in [3.8, 4) is 11.3 Å². The van der Waals surface area contributed by atoms with Gasteiger partial charge in [-0.05, 0) is 30.7 Å². The number of halogens is 1. The number of anilines is 2. The maximum absolute atomic E-state index is 13.2. The van der Waals surface area contributed by atoms with E-state index in [2.05, 4.69) is 25.4 Å². The zero-order valence-corrected chi connectivity index (χ0v) is 16.9. The van der Waals surface area contributed by atoms with Gasteiger partial charge >= 0.3 is 0 Å². The summed E-state index contributed by atoms with van der Waals surface area (Å²) in [7, 11) is -3.71. The highest BCUT2D eigenvalue weighted by molar-refractivity contribution is 7.90. The number of aromatic nitrogens is 5. The Morgan fingerprint density at radius 2 is 1.93 bits per heavy atom. The molecule has 30 heavy (non-hydrogen) atoms. The van der Waals surface area contributed by atoms with Crippen LogP contribution in [0.15, 0.2) is 53.9 Å². The molecule has 9 nitrogen and oxygen atoms in total. The highest BCUT2D eigenvalue weighted by atomic mass is 32.2. The van der Waals surface area contributed by atoms with Gasteiger partial charge in [0.05, 0.1) is 11.3 Å². The molecule has 1 atom stereocenters. The Labute approximate surface area is 171 Å². The first kappa shape index (κ1) is 19.7. The highest BCUT2D eigenvalue weighted by Gasteiger charge is 2.21. The van der Waals surface area contributed by atoms with Gasteiger partial charge in [-0.15, -0.1) is 5.10 Å². The maximum Gasteiger partial charge on any atom is 0.249 e. The van der Waals surface area contributed by atoms with Gasteiger partial charge in [0, 0.05) is 30.8 Å². The lowest BCUT2D eigenvalue weighted by Gasteiger charge is -2.16. The summed E-state index contributed by atoms with van der Waals surface area (Å²) in [5.41, 5.74) is 7.97. The number of benzene rings is 1. The summed E-state index contributed by atoms with van der Waals surface area (Å²) in [6.07, 6.45) is 4.28. The zero-order valence-electron chi connectivity index (χ0n) is 16.1. The van der Waals surface area contributed by atoms with Crippen LogP contribution < -0.4 is 11.1 Å². The molecule has 0 amide bonds.